The second-order valence-corrected chi connectivity index (χ2v) is 6.53. The summed E-state index contributed by atoms with van der Waals surface area (Å²) in [6.45, 7) is 1.80. The molecule has 1 saturated carbocycles. The van der Waals surface area contributed by atoms with Crippen LogP contribution >= 0.6 is 11.8 Å². The fourth-order valence-corrected chi connectivity index (χ4v) is 2.69. The van der Waals surface area contributed by atoms with Crippen LogP contribution < -0.4 is 11.2 Å². The van der Waals surface area contributed by atoms with E-state index in [1.165, 1.54) is 28.6 Å². The van der Waals surface area contributed by atoms with Crippen molar-refractivity contribution in [1.82, 2.24) is 20.2 Å². The van der Waals surface area contributed by atoms with E-state index < -0.39 is 0 Å². The van der Waals surface area contributed by atoms with Crippen molar-refractivity contribution < 1.29 is 9.18 Å². The van der Waals surface area contributed by atoms with Crippen LogP contribution in [-0.4, -0.2) is 32.1 Å². The normalized spacial score (nSPS) is 15.5. The molecular formula is C14H16FN5OS. The highest BCUT2D eigenvalue weighted by Gasteiger charge is 2.27. The van der Waals surface area contributed by atoms with Crippen LogP contribution in [-0.2, 0) is 4.79 Å². The van der Waals surface area contributed by atoms with E-state index in [0.717, 1.165) is 12.8 Å². The fraction of sp³-hybridized carbons (Fsp3) is 0.357. The minimum absolute atomic E-state index is 0.0289. The Bertz CT molecular complexity index is 683. The van der Waals surface area contributed by atoms with Gasteiger partial charge in [0.15, 0.2) is 5.82 Å². The van der Waals surface area contributed by atoms with Gasteiger partial charge in [0.1, 0.15) is 5.82 Å². The number of benzene rings is 1. The number of nitrogens with zero attached hydrogens (tertiary/aromatic N) is 3. The number of thioether (sulfide) groups is 1. The van der Waals surface area contributed by atoms with Crippen molar-refractivity contribution in [1.29, 1.82) is 0 Å². The third kappa shape index (κ3) is 3.22. The summed E-state index contributed by atoms with van der Waals surface area (Å²) in [5, 5.41) is 11.1. The molecule has 8 heteroatoms. The van der Waals surface area contributed by atoms with Crippen molar-refractivity contribution in [2.75, 3.05) is 5.84 Å². The van der Waals surface area contributed by atoms with Gasteiger partial charge in [0, 0.05) is 11.6 Å². The second-order valence-electron chi connectivity index (χ2n) is 5.23. The van der Waals surface area contributed by atoms with Gasteiger partial charge in [-0.05, 0) is 44.0 Å². The van der Waals surface area contributed by atoms with Crippen LogP contribution in [0.2, 0.25) is 0 Å². The highest BCUT2D eigenvalue weighted by molar-refractivity contribution is 8.00. The number of hydrogen-bond donors (Lipinski definition) is 2. The third-order valence-electron chi connectivity index (χ3n) is 3.34. The zero-order chi connectivity index (χ0) is 15.7. The maximum Gasteiger partial charge on any atom is 0.233 e. The quantitative estimate of drug-likeness (QED) is 0.645. The van der Waals surface area contributed by atoms with Gasteiger partial charge in [0.05, 0.1) is 5.25 Å². The minimum Gasteiger partial charge on any atom is -0.352 e. The van der Waals surface area contributed by atoms with Gasteiger partial charge in [-0.15, -0.1) is 10.2 Å². The molecular weight excluding hydrogens is 305 g/mol. The van der Waals surface area contributed by atoms with E-state index in [-0.39, 0.29) is 17.0 Å². The zero-order valence-corrected chi connectivity index (χ0v) is 12.8. The van der Waals surface area contributed by atoms with Crippen molar-refractivity contribution in [2.24, 2.45) is 0 Å². The molecule has 1 heterocycles. The Morgan fingerprint density at radius 2 is 2.09 bits per heavy atom. The summed E-state index contributed by atoms with van der Waals surface area (Å²) in [5.41, 5.74) is 0.665. The SMILES string of the molecule is CC(Sc1nnc(-c2ccc(F)cc2)n1N)C(=O)NC1CC1. The van der Waals surface area contributed by atoms with Crippen LogP contribution in [0.4, 0.5) is 4.39 Å². The van der Waals surface area contributed by atoms with Gasteiger partial charge in [-0.3, -0.25) is 4.79 Å². The van der Waals surface area contributed by atoms with Gasteiger partial charge in [-0.2, -0.15) is 0 Å². The smallest absolute Gasteiger partial charge is 0.233 e. The summed E-state index contributed by atoms with van der Waals surface area (Å²) in [4.78, 5) is 12.0. The van der Waals surface area contributed by atoms with E-state index in [2.05, 4.69) is 15.5 Å². The van der Waals surface area contributed by atoms with Crippen molar-refractivity contribution >= 4 is 17.7 Å². The average Bonchev–Trinajstić information content (AvgIpc) is 3.24. The first-order chi connectivity index (χ1) is 10.5. The van der Waals surface area contributed by atoms with Gasteiger partial charge < -0.3 is 11.2 Å². The first kappa shape index (κ1) is 14.8. The fourth-order valence-electron chi connectivity index (χ4n) is 1.91. The number of nitrogens with two attached hydrogens (primary N) is 1. The highest BCUT2D eigenvalue weighted by Crippen LogP contribution is 2.26. The molecule has 3 rings (SSSR count). The molecule has 6 nitrogen and oxygen atoms in total. The maximum absolute atomic E-state index is 13.0. The highest BCUT2D eigenvalue weighted by atomic mass is 32.2. The molecule has 0 saturated heterocycles. The summed E-state index contributed by atoms with van der Waals surface area (Å²) in [6.07, 6.45) is 2.09. The number of amides is 1. The van der Waals surface area contributed by atoms with Gasteiger partial charge in [-0.25, -0.2) is 9.07 Å². The number of carbonyl (C=O) groups is 1. The standard InChI is InChI=1S/C14H16FN5OS/c1-8(13(21)17-11-6-7-11)22-14-19-18-12(20(14)16)9-2-4-10(15)5-3-9/h2-5,8,11H,6-7,16H2,1H3,(H,17,21). The zero-order valence-electron chi connectivity index (χ0n) is 12.0. The molecule has 0 aliphatic heterocycles. The molecule has 0 bridgehead atoms. The van der Waals surface area contributed by atoms with Crippen molar-refractivity contribution in [2.45, 2.75) is 36.2 Å². The first-order valence-electron chi connectivity index (χ1n) is 6.98. The van der Waals surface area contributed by atoms with E-state index in [0.29, 0.717) is 22.6 Å². The lowest BCUT2D eigenvalue weighted by molar-refractivity contribution is -0.120. The van der Waals surface area contributed by atoms with Gasteiger partial charge in [0.2, 0.25) is 11.1 Å². The molecule has 1 aromatic carbocycles. The molecule has 22 heavy (non-hydrogen) atoms. The lowest BCUT2D eigenvalue weighted by Crippen LogP contribution is -2.32. The number of halogens is 1. The Morgan fingerprint density at radius 3 is 2.73 bits per heavy atom. The lowest BCUT2D eigenvalue weighted by atomic mass is 10.2. The predicted molar refractivity (Wildman–Crippen MR) is 82.1 cm³/mol. The molecule has 1 aromatic heterocycles. The number of rotatable bonds is 5. The Labute approximate surface area is 131 Å². The van der Waals surface area contributed by atoms with Crippen LogP contribution in [0.25, 0.3) is 11.4 Å². The molecule has 1 fully saturated rings. The summed E-state index contributed by atoms with van der Waals surface area (Å²) < 4.78 is 14.3. The second kappa shape index (κ2) is 5.96. The summed E-state index contributed by atoms with van der Waals surface area (Å²) >= 11 is 1.24. The van der Waals surface area contributed by atoms with Crippen molar-refractivity contribution in [3.05, 3.63) is 30.1 Å². The van der Waals surface area contributed by atoms with Crippen LogP contribution in [0.5, 0.6) is 0 Å². The number of nitrogen functional groups attached to an aromatic ring is 1. The minimum atomic E-state index is -0.327. The average molecular weight is 321 g/mol. The molecule has 0 spiro atoms. The van der Waals surface area contributed by atoms with E-state index in [4.69, 9.17) is 5.84 Å². The Hall–Kier alpha value is -2.09. The topological polar surface area (TPSA) is 85.8 Å². The number of hydrogen-bond acceptors (Lipinski definition) is 5. The maximum atomic E-state index is 13.0. The number of nitrogens with one attached hydrogen (secondary N) is 1. The summed E-state index contributed by atoms with van der Waals surface area (Å²) in [5.74, 6) is 6.05. The lowest BCUT2D eigenvalue weighted by Gasteiger charge is -2.10. The van der Waals surface area contributed by atoms with Gasteiger partial charge in [-0.1, -0.05) is 11.8 Å². The molecule has 1 atom stereocenters. The molecule has 1 amide bonds. The molecule has 1 aliphatic carbocycles. The largest absolute Gasteiger partial charge is 0.352 e. The molecule has 116 valence electrons. The first-order valence-corrected chi connectivity index (χ1v) is 7.86. The summed E-state index contributed by atoms with van der Waals surface area (Å²) in [6, 6.07) is 6.16. The van der Waals surface area contributed by atoms with Crippen LogP contribution in [0.15, 0.2) is 29.4 Å². The van der Waals surface area contributed by atoms with E-state index in [1.54, 1.807) is 19.1 Å². The van der Waals surface area contributed by atoms with Crippen molar-refractivity contribution in [3.63, 3.8) is 0 Å². The number of aromatic nitrogens is 3. The van der Waals surface area contributed by atoms with E-state index >= 15 is 0 Å². The Balaban J connectivity index is 1.72. The monoisotopic (exact) mass is 321 g/mol. The molecule has 1 unspecified atom stereocenters. The van der Waals surface area contributed by atoms with E-state index in [9.17, 15) is 9.18 Å². The Kier molecular flexibility index (Phi) is 4.02. The number of carbonyl (C=O) groups excluding carboxylic acids is 1. The van der Waals surface area contributed by atoms with Crippen LogP contribution in [0.3, 0.4) is 0 Å². The van der Waals surface area contributed by atoms with Crippen molar-refractivity contribution in [3.8, 4) is 11.4 Å². The van der Waals surface area contributed by atoms with Gasteiger partial charge in [0.25, 0.3) is 0 Å². The molecule has 1 aliphatic rings. The van der Waals surface area contributed by atoms with Gasteiger partial charge >= 0.3 is 0 Å². The predicted octanol–water partition coefficient (Wildman–Crippen LogP) is 1.56. The van der Waals surface area contributed by atoms with Crippen LogP contribution in [0, 0.1) is 5.82 Å². The Morgan fingerprint density at radius 1 is 1.41 bits per heavy atom. The van der Waals surface area contributed by atoms with E-state index in [1.807, 2.05) is 0 Å². The van der Waals surface area contributed by atoms with Crippen LogP contribution in [0.1, 0.15) is 19.8 Å². The molecule has 3 N–H and O–H groups in total. The molecule has 2 aromatic rings. The summed E-state index contributed by atoms with van der Waals surface area (Å²) in [7, 11) is 0. The third-order valence-corrected chi connectivity index (χ3v) is 4.40. The molecule has 0 radical (unpaired) electrons.